The summed E-state index contributed by atoms with van der Waals surface area (Å²) in [5.74, 6) is 0.506. The smallest absolute Gasteiger partial charge is 0.265 e. The first kappa shape index (κ1) is 17.6. The molecule has 0 aliphatic rings. The van der Waals surface area contributed by atoms with Gasteiger partial charge in [-0.2, -0.15) is 0 Å². The van der Waals surface area contributed by atoms with Crippen LogP contribution in [-0.4, -0.2) is 18.8 Å². The lowest BCUT2D eigenvalue weighted by Gasteiger charge is -2.04. The molecule has 1 N–H and O–H groups in total. The summed E-state index contributed by atoms with van der Waals surface area (Å²) in [5, 5.41) is 4.71. The van der Waals surface area contributed by atoms with Crippen LogP contribution in [0.4, 0.5) is 5.69 Å². The number of methoxy groups -OCH3 is 1. The number of nitrogens with one attached hydrogen (secondary N) is 1. The molecular weight excluding hydrogens is 346 g/mol. The van der Waals surface area contributed by atoms with Crippen LogP contribution >= 0.6 is 11.3 Å². The number of hydrogen-bond acceptors (Lipinski definition) is 4. The van der Waals surface area contributed by atoms with Crippen molar-refractivity contribution < 1.29 is 14.3 Å². The van der Waals surface area contributed by atoms with Gasteiger partial charge < -0.3 is 10.1 Å². The number of carbonyl (C=O) groups excluding carboxylic acids is 2. The molecule has 0 aliphatic carbocycles. The maximum absolute atomic E-state index is 12.2. The maximum Gasteiger partial charge on any atom is 0.265 e. The normalized spacial score (nSPS) is 10.7. The molecule has 3 aromatic rings. The molecule has 0 saturated heterocycles. The minimum Gasteiger partial charge on any atom is -0.497 e. The summed E-state index contributed by atoms with van der Waals surface area (Å²) < 4.78 is 5.08. The average molecular weight is 363 g/mol. The molecule has 0 aliphatic heterocycles. The molecule has 0 atom stereocenters. The molecule has 1 aromatic heterocycles. The summed E-state index contributed by atoms with van der Waals surface area (Å²) in [4.78, 5) is 24.9. The van der Waals surface area contributed by atoms with E-state index in [0.29, 0.717) is 21.9 Å². The number of hydrogen-bond donors (Lipinski definition) is 1. The zero-order valence-electron chi connectivity index (χ0n) is 14.1. The first-order chi connectivity index (χ1) is 12.7. The van der Waals surface area contributed by atoms with Crippen LogP contribution in [0.25, 0.3) is 6.08 Å². The number of thiophene rings is 1. The Morgan fingerprint density at radius 1 is 1.00 bits per heavy atom. The molecule has 0 unspecified atom stereocenters. The van der Waals surface area contributed by atoms with Crippen LogP contribution in [0.3, 0.4) is 0 Å². The Bertz CT molecular complexity index is 911. The summed E-state index contributed by atoms with van der Waals surface area (Å²) in [5.41, 5.74) is 2.19. The first-order valence-electron chi connectivity index (χ1n) is 7.97. The quantitative estimate of drug-likeness (QED) is 0.500. The molecule has 3 rings (SSSR count). The highest BCUT2D eigenvalue weighted by atomic mass is 32.1. The van der Waals surface area contributed by atoms with Gasteiger partial charge in [-0.05, 0) is 59.5 Å². The predicted octanol–water partition coefficient (Wildman–Crippen LogP) is 4.91. The third-order valence-corrected chi connectivity index (χ3v) is 4.58. The van der Waals surface area contributed by atoms with Gasteiger partial charge in [0.05, 0.1) is 12.0 Å². The number of anilines is 1. The minimum absolute atomic E-state index is 0.0808. The van der Waals surface area contributed by atoms with E-state index < -0.39 is 0 Å². The lowest BCUT2D eigenvalue weighted by atomic mass is 10.1. The SMILES string of the molecule is COc1ccc(C(=O)/C=C/c2ccc(NC(=O)c3cccs3)cc2)cc1. The monoisotopic (exact) mass is 363 g/mol. The van der Waals surface area contributed by atoms with Crippen molar-refractivity contribution in [3.8, 4) is 5.75 Å². The number of benzene rings is 2. The van der Waals surface area contributed by atoms with Gasteiger partial charge in [0.25, 0.3) is 5.91 Å². The number of rotatable bonds is 6. The zero-order valence-corrected chi connectivity index (χ0v) is 15.0. The zero-order chi connectivity index (χ0) is 18.4. The van der Waals surface area contributed by atoms with Crippen molar-refractivity contribution in [2.45, 2.75) is 0 Å². The van der Waals surface area contributed by atoms with Crippen LogP contribution in [0.5, 0.6) is 5.75 Å². The van der Waals surface area contributed by atoms with Gasteiger partial charge >= 0.3 is 0 Å². The Morgan fingerprint density at radius 2 is 1.73 bits per heavy atom. The van der Waals surface area contributed by atoms with Crippen molar-refractivity contribution in [1.82, 2.24) is 0 Å². The molecule has 26 heavy (non-hydrogen) atoms. The lowest BCUT2D eigenvalue weighted by molar-refractivity contribution is 0.102. The van der Waals surface area contributed by atoms with Crippen molar-refractivity contribution in [3.05, 3.63) is 88.1 Å². The molecule has 0 radical (unpaired) electrons. The van der Waals surface area contributed by atoms with Crippen LogP contribution in [0, 0.1) is 0 Å². The first-order valence-corrected chi connectivity index (χ1v) is 8.85. The Morgan fingerprint density at radius 3 is 2.35 bits per heavy atom. The maximum atomic E-state index is 12.2. The van der Waals surface area contributed by atoms with Crippen LogP contribution in [0.1, 0.15) is 25.6 Å². The molecule has 5 heteroatoms. The van der Waals surface area contributed by atoms with Gasteiger partial charge in [-0.15, -0.1) is 11.3 Å². The Hall–Kier alpha value is -3.18. The Balaban J connectivity index is 1.62. The summed E-state index contributed by atoms with van der Waals surface area (Å²) in [7, 11) is 1.59. The molecule has 4 nitrogen and oxygen atoms in total. The summed E-state index contributed by atoms with van der Waals surface area (Å²) in [6.45, 7) is 0. The van der Waals surface area contributed by atoms with E-state index in [4.69, 9.17) is 4.74 Å². The fourth-order valence-electron chi connectivity index (χ4n) is 2.30. The Labute approximate surface area is 155 Å². The molecule has 0 spiro atoms. The van der Waals surface area contributed by atoms with E-state index in [9.17, 15) is 9.59 Å². The van der Waals surface area contributed by atoms with Crippen molar-refractivity contribution in [3.63, 3.8) is 0 Å². The van der Waals surface area contributed by atoms with E-state index >= 15 is 0 Å². The van der Waals surface area contributed by atoms with E-state index in [-0.39, 0.29) is 11.7 Å². The summed E-state index contributed by atoms with van der Waals surface area (Å²) >= 11 is 1.40. The topological polar surface area (TPSA) is 55.4 Å². The van der Waals surface area contributed by atoms with Gasteiger partial charge in [-0.3, -0.25) is 9.59 Å². The van der Waals surface area contributed by atoms with Crippen LogP contribution < -0.4 is 10.1 Å². The molecular formula is C21H17NO3S. The molecule has 130 valence electrons. The summed E-state index contributed by atoms with van der Waals surface area (Å²) in [6.07, 6.45) is 3.28. The van der Waals surface area contributed by atoms with E-state index in [1.54, 1.807) is 43.5 Å². The lowest BCUT2D eigenvalue weighted by Crippen LogP contribution is -2.09. The second-order valence-electron chi connectivity index (χ2n) is 5.48. The van der Waals surface area contributed by atoms with Crippen LogP contribution in [0.2, 0.25) is 0 Å². The third-order valence-electron chi connectivity index (χ3n) is 3.72. The van der Waals surface area contributed by atoms with Crippen molar-refractivity contribution >= 4 is 34.8 Å². The van der Waals surface area contributed by atoms with E-state index in [0.717, 1.165) is 5.56 Å². The fourth-order valence-corrected chi connectivity index (χ4v) is 2.92. The second kappa shape index (κ2) is 8.27. The van der Waals surface area contributed by atoms with Gasteiger partial charge in [0.1, 0.15) is 5.75 Å². The second-order valence-corrected chi connectivity index (χ2v) is 6.43. The van der Waals surface area contributed by atoms with E-state index in [1.807, 2.05) is 35.7 Å². The number of amides is 1. The standard InChI is InChI=1S/C21H17NO3S/c1-25-18-11-7-16(8-12-18)19(23)13-6-15-4-9-17(10-5-15)22-21(24)20-3-2-14-26-20/h2-14H,1H3,(H,22,24)/b13-6+. The highest BCUT2D eigenvalue weighted by molar-refractivity contribution is 7.12. The number of carbonyl (C=O) groups is 2. The molecule has 0 fully saturated rings. The van der Waals surface area contributed by atoms with Crippen molar-refractivity contribution in [2.24, 2.45) is 0 Å². The van der Waals surface area contributed by atoms with Crippen molar-refractivity contribution in [1.29, 1.82) is 0 Å². The predicted molar refractivity (Wildman–Crippen MR) is 105 cm³/mol. The van der Waals surface area contributed by atoms with Gasteiger partial charge in [0, 0.05) is 11.3 Å². The largest absolute Gasteiger partial charge is 0.497 e. The van der Waals surface area contributed by atoms with Gasteiger partial charge in [-0.1, -0.05) is 24.3 Å². The van der Waals surface area contributed by atoms with Crippen LogP contribution in [0.15, 0.2) is 72.1 Å². The van der Waals surface area contributed by atoms with E-state index in [1.165, 1.54) is 17.4 Å². The minimum atomic E-state index is -0.127. The molecule has 2 aromatic carbocycles. The Kier molecular flexibility index (Phi) is 5.61. The van der Waals surface area contributed by atoms with Crippen molar-refractivity contribution in [2.75, 3.05) is 12.4 Å². The molecule has 1 heterocycles. The number of ketones is 1. The average Bonchev–Trinajstić information content (AvgIpc) is 3.22. The van der Waals surface area contributed by atoms with E-state index in [2.05, 4.69) is 5.32 Å². The van der Waals surface area contributed by atoms with Gasteiger partial charge in [-0.25, -0.2) is 0 Å². The highest BCUT2D eigenvalue weighted by Gasteiger charge is 2.06. The highest BCUT2D eigenvalue weighted by Crippen LogP contribution is 2.16. The third kappa shape index (κ3) is 4.46. The number of ether oxygens (including phenoxy) is 1. The van der Waals surface area contributed by atoms with Gasteiger partial charge in [0.15, 0.2) is 5.78 Å². The molecule has 0 saturated carbocycles. The fraction of sp³-hybridized carbons (Fsp3) is 0.0476. The van der Waals surface area contributed by atoms with Gasteiger partial charge in [0.2, 0.25) is 0 Å². The number of allylic oxidation sites excluding steroid dienone is 1. The van der Waals surface area contributed by atoms with Crippen LogP contribution in [-0.2, 0) is 0 Å². The summed E-state index contributed by atoms with van der Waals surface area (Å²) in [6, 6.07) is 17.9. The molecule has 0 bridgehead atoms. The molecule has 1 amide bonds.